The van der Waals surface area contributed by atoms with Crippen LogP contribution in [-0.2, 0) is 65.4 Å². The van der Waals surface area contributed by atoms with E-state index in [4.69, 9.17) is 37.0 Å². The highest BCUT2D eigenvalue weighted by molar-refractivity contribution is 7.47. The number of hydrogen-bond donors (Lipinski definition) is 3. The molecular formula is C91H146O17P2. The standard InChI is InChI=1S/C91H146O17P2/c1-5-9-13-17-21-25-29-33-36-39-42-45-48-52-55-59-63-67-71-75-88(93)101-81-86(107-90(95)77-73-69-65-61-57-51-32-28-24-20-16-12-8-4)83-105-109(97,98)103-79-85(92)80-104-110(99,100)106-84-87(108-91(96)78-74-70-66-62-58-54-50-47-44-41-38-35-31-27-23-19-15-11-7-3)82-102-89(94)76-72-68-64-60-56-53-49-46-43-40-37-34-30-26-22-18-14-10-6-2/h10-11,14-15,21-23,25-28,32-38,42-47,53-54,56,58,64,66,68,70,85-87,92H,5-9,12-13,16-20,24,29-31,39-41,48-52,55,57,59-63,65,67,69,71-84H2,1-4H3,(H,97,98)(H,99,100)/b14-10-,15-11-,25-21-,26-22-,27-23-,32-28-,36-33-,37-34-,38-35-,45-42-,46-43-,47-44-,56-53-,58-54-,68-64-,70-66-. The minimum atomic E-state index is -5.03. The van der Waals surface area contributed by atoms with Gasteiger partial charge in [-0.3, -0.25) is 37.3 Å². The number of hydrogen-bond acceptors (Lipinski definition) is 15. The highest BCUT2D eigenvalue weighted by Gasteiger charge is 2.30. The molecule has 0 bridgehead atoms. The Hall–Kier alpha value is -6.10. The molecule has 0 fully saturated rings. The lowest BCUT2D eigenvalue weighted by atomic mass is 10.1. The summed E-state index contributed by atoms with van der Waals surface area (Å²) in [6.07, 6.45) is 100. The Bertz CT molecular complexity index is 2850. The van der Waals surface area contributed by atoms with E-state index in [0.717, 1.165) is 161 Å². The zero-order chi connectivity index (χ0) is 80.3. The van der Waals surface area contributed by atoms with Gasteiger partial charge < -0.3 is 33.8 Å². The first-order valence-corrected chi connectivity index (χ1v) is 44.7. The summed E-state index contributed by atoms with van der Waals surface area (Å²) in [5.74, 6) is -2.41. The van der Waals surface area contributed by atoms with Crippen LogP contribution in [0.3, 0.4) is 0 Å². The Morgan fingerprint density at radius 3 is 0.827 bits per heavy atom. The molecule has 0 rings (SSSR count). The summed E-state index contributed by atoms with van der Waals surface area (Å²) in [7, 11) is -10.0. The van der Waals surface area contributed by atoms with Gasteiger partial charge in [0.2, 0.25) is 0 Å². The van der Waals surface area contributed by atoms with Crippen LogP contribution < -0.4 is 0 Å². The Morgan fingerprint density at radius 2 is 0.491 bits per heavy atom. The fourth-order valence-electron chi connectivity index (χ4n) is 10.3. The van der Waals surface area contributed by atoms with Gasteiger partial charge in [0.25, 0.3) is 0 Å². The molecule has 0 aliphatic carbocycles. The maximum atomic E-state index is 13.1. The number of aliphatic hydroxyl groups is 1. The van der Waals surface area contributed by atoms with Crippen LogP contribution in [0.4, 0.5) is 0 Å². The topological polar surface area (TPSA) is 237 Å². The number of allylic oxidation sites excluding steroid dienone is 32. The second-order valence-electron chi connectivity index (χ2n) is 26.9. The molecule has 0 aromatic rings. The van der Waals surface area contributed by atoms with Crippen LogP contribution in [0.2, 0.25) is 0 Å². The van der Waals surface area contributed by atoms with Gasteiger partial charge >= 0.3 is 39.5 Å². The van der Waals surface area contributed by atoms with Gasteiger partial charge in [0.15, 0.2) is 12.2 Å². The largest absolute Gasteiger partial charge is 0.472 e. The lowest BCUT2D eigenvalue weighted by molar-refractivity contribution is -0.161. The van der Waals surface area contributed by atoms with Crippen molar-refractivity contribution in [3.05, 3.63) is 194 Å². The van der Waals surface area contributed by atoms with Crippen LogP contribution in [-0.4, -0.2) is 96.7 Å². The Balaban J connectivity index is 5.53. The van der Waals surface area contributed by atoms with Gasteiger partial charge in [0.05, 0.1) is 26.4 Å². The third-order valence-electron chi connectivity index (χ3n) is 16.6. The van der Waals surface area contributed by atoms with Crippen LogP contribution >= 0.6 is 15.6 Å². The summed E-state index contributed by atoms with van der Waals surface area (Å²) >= 11 is 0. The smallest absolute Gasteiger partial charge is 0.462 e. The molecule has 0 radical (unpaired) electrons. The molecule has 0 amide bonds. The van der Waals surface area contributed by atoms with E-state index in [1.165, 1.54) is 44.9 Å². The molecule has 0 aliphatic heterocycles. The number of esters is 4. The van der Waals surface area contributed by atoms with Gasteiger partial charge in [-0.05, 0) is 167 Å². The third-order valence-corrected chi connectivity index (χ3v) is 18.5. The number of phosphoric ester groups is 2. The molecule has 0 aliphatic rings. The van der Waals surface area contributed by atoms with Crippen molar-refractivity contribution in [2.75, 3.05) is 39.6 Å². The molecule has 0 spiro atoms. The van der Waals surface area contributed by atoms with Gasteiger partial charge in [-0.2, -0.15) is 0 Å². The predicted molar refractivity (Wildman–Crippen MR) is 454 cm³/mol. The molecule has 0 aromatic heterocycles. The van der Waals surface area contributed by atoms with Crippen LogP contribution in [0.15, 0.2) is 194 Å². The van der Waals surface area contributed by atoms with E-state index < -0.39 is 97.5 Å². The molecule has 19 heteroatoms. The van der Waals surface area contributed by atoms with Gasteiger partial charge in [-0.1, -0.05) is 299 Å². The Labute approximate surface area is 666 Å². The molecule has 0 aromatic carbocycles. The highest BCUT2D eigenvalue weighted by atomic mass is 31.2. The van der Waals surface area contributed by atoms with Gasteiger partial charge in [0, 0.05) is 25.7 Å². The summed E-state index contributed by atoms with van der Waals surface area (Å²) < 4.78 is 68.5. The Morgan fingerprint density at radius 1 is 0.264 bits per heavy atom. The zero-order valence-corrected chi connectivity index (χ0v) is 69.9. The predicted octanol–water partition coefficient (Wildman–Crippen LogP) is 24.9. The van der Waals surface area contributed by atoms with Crippen molar-refractivity contribution in [2.24, 2.45) is 0 Å². The molecule has 5 atom stereocenters. The van der Waals surface area contributed by atoms with E-state index in [0.29, 0.717) is 38.5 Å². The van der Waals surface area contributed by atoms with E-state index in [1.54, 1.807) is 0 Å². The molecule has 5 unspecified atom stereocenters. The fraction of sp³-hybridized carbons (Fsp3) is 0.604. The molecule has 0 saturated carbocycles. The van der Waals surface area contributed by atoms with E-state index >= 15 is 0 Å². The van der Waals surface area contributed by atoms with Crippen molar-refractivity contribution in [1.29, 1.82) is 0 Å². The van der Waals surface area contributed by atoms with Gasteiger partial charge in [-0.15, -0.1) is 0 Å². The third kappa shape index (κ3) is 80.0. The van der Waals surface area contributed by atoms with Gasteiger partial charge in [0.1, 0.15) is 19.3 Å². The van der Waals surface area contributed by atoms with Crippen molar-refractivity contribution in [3.63, 3.8) is 0 Å². The summed E-state index contributed by atoms with van der Waals surface area (Å²) in [5.41, 5.74) is 0. The molecule has 110 heavy (non-hydrogen) atoms. The van der Waals surface area contributed by atoms with Crippen LogP contribution in [0.1, 0.15) is 297 Å². The van der Waals surface area contributed by atoms with Crippen molar-refractivity contribution < 1.29 is 80.2 Å². The number of aliphatic hydroxyl groups excluding tert-OH is 1. The number of carbonyl (C=O) groups is 4. The number of phosphoric acid groups is 2. The first-order valence-electron chi connectivity index (χ1n) is 41.7. The maximum absolute atomic E-state index is 13.1. The number of rotatable bonds is 76. The summed E-state index contributed by atoms with van der Waals surface area (Å²) in [5, 5.41) is 10.7. The zero-order valence-electron chi connectivity index (χ0n) is 68.1. The highest BCUT2D eigenvalue weighted by Crippen LogP contribution is 2.45. The SMILES string of the molecule is CC/C=C\C/C=C\C/C=C\C/C=C\C/C=C\C/C=C\CCC(=O)OCC(COP(=O)(O)OCC(O)COP(=O)(O)OCC(COC(=O)CCCCCCCC/C=C\C/C=C\C/C=C\CCCCC)OC(=O)CCCCCCC/C=C\CCCCCC)OC(=O)CC/C=C\C/C=C\C/C=C\C/C=C\C/C=C\C/C=C\CC. The lowest BCUT2D eigenvalue weighted by Crippen LogP contribution is -2.30. The van der Waals surface area contributed by atoms with Gasteiger partial charge in [-0.25, -0.2) is 9.13 Å². The molecule has 622 valence electrons. The van der Waals surface area contributed by atoms with Crippen LogP contribution in [0, 0.1) is 0 Å². The van der Waals surface area contributed by atoms with E-state index in [-0.39, 0.29) is 25.7 Å². The van der Waals surface area contributed by atoms with Crippen LogP contribution in [0.5, 0.6) is 0 Å². The van der Waals surface area contributed by atoms with Crippen molar-refractivity contribution in [1.82, 2.24) is 0 Å². The van der Waals surface area contributed by atoms with E-state index in [1.807, 2.05) is 36.5 Å². The summed E-state index contributed by atoms with van der Waals surface area (Å²) in [4.78, 5) is 73.1. The van der Waals surface area contributed by atoms with Crippen molar-refractivity contribution in [3.8, 4) is 0 Å². The minimum Gasteiger partial charge on any atom is -0.462 e. The molecule has 0 heterocycles. The average molecular weight is 1570 g/mol. The number of carbonyl (C=O) groups excluding carboxylic acids is 4. The minimum absolute atomic E-state index is 0.0121. The van der Waals surface area contributed by atoms with E-state index in [9.17, 15) is 43.2 Å². The normalized spacial score (nSPS) is 14.8. The van der Waals surface area contributed by atoms with Crippen molar-refractivity contribution in [2.45, 2.75) is 316 Å². The fourth-order valence-corrected chi connectivity index (χ4v) is 11.9. The molecule has 3 N–H and O–H groups in total. The first kappa shape index (κ1) is 104. The molecular weight excluding hydrogens is 1430 g/mol. The Kier molecular flexibility index (Phi) is 76.4. The number of ether oxygens (including phenoxy) is 4. The lowest BCUT2D eigenvalue weighted by Gasteiger charge is -2.21. The van der Waals surface area contributed by atoms with E-state index in [2.05, 4.69) is 186 Å². The summed E-state index contributed by atoms with van der Waals surface area (Å²) in [6.45, 7) is 4.39. The first-order chi connectivity index (χ1) is 53.7. The quantitative estimate of drug-likeness (QED) is 0.0169. The molecule has 17 nitrogen and oxygen atoms in total. The molecule has 0 saturated heterocycles. The second kappa shape index (κ2) is 80.9. The number of unbranched alkanes of at least 4 members (excludes halogenated alkanes) is 18. The summed E-state index contributed by atoms with van der Waals surface area (Å²) in [6, 6.07) is 0. The maximum Gasteiger partial charge on any atom is 0.472 e. The second-order valence-corrected chi connectivity index (χ2v) is 29.8. The monoisotopic (exact) mass is 1570 g/mol. The van der Waals surface area contributed by atoms with Crippen LogP contribution in [0.25, 0.3) is 0 Å². The average Bonchev–Trinajstić information content (AvgIpc) is 0.900. The van der Waals surface area contributed by atoms with Crippen molar-refractivity contribution >= 4 is 39.5 Å².